The first-order valence-electron chi connectivity index (χ1n) is 13.4. The second-order valence-electron chi connectivity index (χ2n) is 10.7. The molecule has 2 aromatic rings. The largest absolute Gasteiger partial charge is 1.00 e. The average molecular weight is 674 g/mol. The maximum Gasteiger partial charge on any atom is 0.198 e. The van der Waals surface area contributed by atoms with Gasteiger partial charge in [-0.3, -0.25) is 0 Å². The van der Waals surface area contributed by atoms with Crippen molar-refractivity contribution >= 4 is 19.7 Å². The van der Waals surface area contributed by atoms with Gasteiger partial charge in [0.25, 0.3) is 0 Å². The minimum absolute atomic E-state index is 0. The van der Waals surface area contributed by atoms with Crippen LogP contribution in [0.2, 0.25) is 0 Å². The van der Waals surface area contributed by atoms with Crippen LogP contribution >= 0.6 is 10.8 Å². The molecule has 2 aromatic carbocycles. The van der Waals surface area contributed by atoms with E-state index in [1.165, 1.54) is 6.26 Å². The Morgan fingerprint density at radius 1 is 0.902 bits per heavy atom. The van der Waals surface area contributed by atoms with E-state index in [-0.39, 0.29) is 22.9 Å². The summed E-state index contributed by atoms with van der Waals surface area (Å²) < 4.78 is 46.1. The molecule has 0 aliphatic heterocycles. The van der Waals surface area contributed by atoms with E-state index in [9.17, 15) is 13.7 Å². The zero-order chi connectivity index (χ0) is 30.0. The maximum atomic E-state index is 11.8. The summed E-state index contributed by atoms with van der Waals surface area (Å²) in [4.78, 5) is 0. The molecule has 2 atom stereocenters. The molecule has 8 nitrogen and oxygen atoms in total. The van der Waals surface area contributed by atoms with Crippen LogP contribution < -0.4 is 35.9 Å². The molecule has 0 saturated heterocycles. The molecule has 0 fully saturated rings. The van der Waals surface area contributed by atoms with Gasteiger partial charge in [0, 0.05) is 12.7 Å². The van der Waals surface area contributed by atoms with E-state index in [1.807, 2.05) is 36.4 Å². The smallest absolute Gasteiger partial charge is 0.198 e. The average Bonchev–Trinajstić information content (AvgIpc) is 2.93. The number of rotatable bonds is 17. The first-order valence-corrected chi connectivity index (χ1v) is 16.8. The Hall–Kier alpha value is -2.13. The number of likely N-dealkylation sites (N-methyl/N-ethyl adjacent to an activating group) is 1. The number of nitriles is 1. The third kappa shape index (κ3) is 10.3. The van der Waals surface area contributed by atoms with Crippen LogP contribution in [0.25, 0.3) is 0 Å². The van der Waals surface area contributed by atoms with Crippen molar-refractivity contribution in [2.24, 2.45) is 5.92 Å². The van der Waals surface area contributed by atoms with Crippen LogP contribution in [0.5, 0.6) is 23.0 Å². The predicted molar refractivity (Wildman–Crippen MR) is 162 cm³/mol. The Morgan fingerprint density at radius 3 is 1.98 bits per heavy atom. The molecule has 0 aliphatic carbocycles. The molecule has 0 N–H and O–H groups in total. The highest BCUT2D eigenvalue weighted by atomic mass is 79.9. The lowest BCUT2D eigenvalue weighted by atomic mass is 9.69. The van der Waals surface area contributed by atoms with Crippen LogP contribution in [0.4, 0.5) is 0 Å². The van der Waals surface area contributed by atoms with Crippen LogP contribution in [-0.4, -0.2) is 80.0 Å². The van der Waals surface area contributed by atoms with Crippen LogP contribution in [0.3, 0.4) is 0 Å². The van der Waals surface area contributed by atoms with Crippen LogP contribution in [-0.2, 0) is 20.7 Å². The molecular formula is C30H45BrN2O6S2. The van der Waals surface area contributed by atoms with Crippen LogP contribution in [0.1, 0.15) is 37.8 Å². The van der Waals surface area contributed by atoms with E-state index in [1.54, 1.807) is 28.4 Å². The lowest BCUT2D eigenvalue weighted by molar-refractivity contribution is -0.907. The van der Waals surface area contributed by atoms with Gasteiger partial charge in [0.2, 0.25) is 0 Å². The van der Waals surface area contributed by atoms with Gasteiger partial charge in [-0.15, -0.1) is 0 Å². The molecule has 0 aromatic heterocycles. The molecule has 0 bridgehead atoms. The molecular weight excluding hydrogens is 628 g/mol. The van der Waals surface area contributed by atoms with Gasteiger partial charge in [-0.05, 0) is 64.9 Å². The fraction of sp³-hybridized carbons (Fsp3) is 0.567. The summed E-state index contributed by atoms with van der Waals surface area (Å²) in [7, 11) is 6.47. The number of hydrogen-bond donors (Lipinski definition) is 0. The minimum Gasteiger partial charge on any atom is -1.00 e. The zero-order valence-electron chi connectivity index (χ0n) is 25.5. The molecule has 0 spiro atoms. The van der Waals surface area contributed by atoms with Crippen molar-refractivity contribution in [3.63, 3.8) is 0 Å². The molecule has 230 valence electrons. The summed E-state index contributed by atoms with van der Waals surface area (Å²) in [5.41, 5.74) is 1.33. The highest BCUT2D eigenvalue weighted by Crippen LogP contribution is 2.40. The Bertz CT molecular complexity index is 1270. The standard InChI is InChI=1S/C30H45N2O6S2.BrH/c1-23(2)30(22-31,25-11-13-27(36-5)29(21-25)38-7)15-9-16-32(3,18-19-39-40(8,33)34)17-14-24-10-12-26(35-4)28(20-24)37-6;/h10-13,20-21,23H,9,14-19H2,1-8H3;1H/q+1;/p-1. The normalized spacial score (nSPS) is 14.2. The Balaban J connectivity index is 0.00000840. The quantitative estimate of drug-likeness (QED) is 0.187. The fourth-order valence-electron chi connectivity index (χ4n) is 5.05. The lowest BCUT2D eigenvalue weighted by Gasteiger charge is -2.37. The van der Waals surface area contributed by atoms with Crippen molar-refractivity contribution in [2.45, 2.75) is 38.5 Å². The van der Waals surface area contributed by atoms with E-state index in [0.29, 0.717) is 46.2 Å². The van der Waals surface area contributed by atoms with E-state index >= 15 is 0 Å². The number of methoxy groups -OCH3 is 4. The summed E-state index contributed by atoms with van der Waals surface area (Å²) in [6, 6.07) is 14.3. The van der Waals surface area contributed by atoms with Gasteiger partial charge in [-0.25, -0.2) is 8.42 Å². The van der Waals surface area contributed by atoms with Crippen molar-refractivity contribution in [2.75, 3.05) is 67.1 Å². The second kappa shape index (κ2) is 16.5. The van der Waals surface area contributed by atoms with Gasteiger partial charge in [-0.1, -0.05) is 26.0 Å². The number of halogens is 1. The highest BCUT2D eigenvalue weighted by Gasteiger charge is 2.37. The van der Waals surface area contributed by atoms with Crippen LogP contribution in [0, 0.1) is 17.2 Å². The van der Waals surface area contributed by atoms with Crippen LogP contribution in [0.15, 0.2) is 36.4 Å². The van der Waals surface area contributed by atoms with E-state index in [4.69, 9.17) is 18.9 Å². The number of quaternary nitrogens is 1. The summed E-state index contributed by atoms with van der Waals surface area (Å²) in [6.45, 7) is 6.47. The Kier molecular flexibility index (Phi) is 14.8. The number of ether oxygens (including phenoxy) is 4. The molecule has 0 saturated carbocycles. The predicted octanol–water partition coefficient (Wildman–Crippen LogP) is 2.30. The molecule has 0 aliphatic rings. The SMILES string of the molecule is COc1ccc(CC[N+](C)(CCCC(C#N)(c2ccc(OC)c(OC)c2)C(C)C)CCSS(C)(=O)=O)cc1OC.[Br-]. The molecule has 0 radical (unpaired) electrons. The Morgan fingerprint density at radius 2 is 1.46 bits per heavy atom. The van der Waals surface area contributed by atoms with Crippen molar-refractivity contribution in [3.05, 3.63) is 47.5 Å². The summed E-state index contributed by atoms with van der Waals surface area (Å²) in [5.74, 6) is 3.18. The topological polar surface area (TPSA) is 94.9 Å². The van der Waals surface area contributed by atoms with Gasteiger partial charge >= 0.3 is 0 Å². The minimum atomic E-state index is -3.13. The van der Waals surface area contributed by atoms with Crippen molar-refractivity contribution in [1.82, 2.24) is 0 Å². The molecule has 41 heavy (non-hydrogen) atoms. The molecule has 0 amide bonds. The fourth-order valence-corrected chi connectivity index (χ4v) is 7.00. The van der Waals surface area contributed by atoms with E-state index in [2.05, 4.69) is 27.0 Å². The lowest BCUT2D eigenvalue weighted by Crippen LogP contribution is -3.00. The third-order valence-electron chi connectivity index (χ3n) is 7.67. The molecule has 2 unspecified atom stereocenters. The summed E-state index contributed by atoms with van der Waals surface area (Å²) in [6.07, 6.45) is 3.51. The first kappa shape index (κ1) is 36.9. The Labute approximate surface area is 261 Å². The number of nitrogens with zero attached hydrogens (tertiary/aromatic N) is 2. The van der Waals surface area contributed by atoms with Gasteiger partial charge in [0.15, 0.2) is 31.9 Å². The summed E-state index contributed by atoms with van der Waals surface area (Å²) in [5, 5.41) is 10.5. The van der Waals surface area contributed by atoms with Crippen molar-refractivity contribution < 1.29 is 48.8 Å². The first-order chi connectivity index (χ1) is 18.9. The van der Waals surface area contributed by atoms with E-state index < -0.39 is 14.3 Å². The van der Waals surface area contributed by atoms with Crippen molar-refractivity contribution in [1.29, 1.82) is 5.26 Å². The maximum absolute atomic E-state index is 11.8. The zero-order valence-corrected chi connectivity index (χ0v) is 28.7. The van der Waals surface area contributed by atoms with Crippen molar-refractivity contribution in [3.8, 4) is 29.1 Å². The van der Waals surface area contributed by atoms with E-state index in [0.717, 1.165) is 47.9 Å². The highest BCUT2D eigenvalue weighted by molar-refractivity contribution is 8.71. The second-order valence-corrected chi connectivity index (χ2v) is 15.2. The number of benzene rings is 2. The van der Waals surface area contributed by atoms with Gasteiger partial charge in [-0.2, -0.15) is 5.26 Å². The molecule has 2 rings (SSSR count). The van der Waals surface area contributed by atoms with Gasteiger partial charge < -0.3 is 40.4 Å². The molecule has 0 heterocycles. The number of hydrogen-bond acceptors (Lipinski definition) is 8. The summed E-state index contributed by atoms with van der Waals surface area (Å²) >= 11 is 0. The third-order valence-corrected chi connectivity index (χ3v) is 10.2. The monoisotopic (exact) mass is 672 g/mol. The van der Waals surface area contributed by atoms with Gasteiger partial charge in [0.1, 0.15) is 0 Å². The van der Waals surface area contributed by atoms with Gasteiger partial charge in [0.05, 0.1) is 72.4 Å². The molecule has 11 heteroatoms.